The molecule has 2 amide bonds. The second kappa shape index (κ2) is 13.9. The van der Waals surface area contributed by atoms with Gasteiger partial charge in [0.25, 0.3) is 0 Å². The Hall–Kier alpha value is -3.75. The van der Waals surface area contributed by atoms with Crippen LogP contribution in [0.15, 0.2) is 54.6 Å². The summed E-state index contributed by atoms with van der Waals surface area (Å²) < 4.78 is 11.6. The first-order chi connectivity index (χ1) is 22.2. The minimum atomic E-state index is 0.000157. The maximum Gasteiger partial charge on any atom is 0.234 e. The van der Waals surface area contributed by atoms with Crippen LogP contribution in [0.1, 0.15) is 50.7 Å². The number of benzene rings is 3. The van der Waals surface area contributed by atoms with Crippen molar-refractivity contribution in [3.8, 4) is 22.6 Å². The molecule has 46 heavy (non-hydrogen) atoms. The van der Waals surface area contributed by atoms with Gasteiger partial charge < -0.3 is 24.6 Å². The molecule has 1 saturated carbocycles. The van der Waals surface area contributed by atoms with Crippen LogP contribution in [0.4, 0.5) is 11.4 Å². The van der Waals surface area contributed by atoms with Crippen LogP contribution < -0.4 is 24.6 Å². The van der Waals surface area contributed by atoms with Gasteiger partial charge >= 0.3 is 0 Å². The molecule has 6 rings (SSSR count). The predicted molar refractivity (Wildman–Crippen MR) is 184 cm³/mol. The lowest BCUT2D eigenvalue weighted by molar-refractivity contribution is -0.125. The maximum atomic E-state index is 13.7. The number of nitrogens with zero attached hydrogens (tertiary/aromatic N) is 3. The van der Waals surface area contributed by atoms with Crippen molar-refractivity contribution in [2.75, 3.05) is 50.1 Å². The molecule has 3 aromatic rings. The fourth-order valence-corrected chi connectivity index (χ4v) is 7.43. The van der Waals surface area contributed by atoms with E-state index in [1.54, 1.807) is 7.11 Å². The average molecular weight is 645 g/mol. The molecule has 244 valence electrons. The molecule has 2 aliphatic heterocycles. The van der Waals surface area contributed by atoms with Gasteiger partial charge in [0.2, 0.25) is 11.8 Å². The van der Waals surface area contributed by atoms with E-state index in [0.29, 0.717) is 41.6 Å². The van der Waals surface area contributed by atoms with Crippen LogP contribution in [0.5, 0.6) is 11.5 Å². The summed E-state index contributed by atoms with van der Waals surface area (Å²) in [7, 11) is 3.78. The summed E-state index contributed by atoms with van der Waals surface area (Å²) in [5.41, 5.74) is 5.94. The Bertz CT molecular complexity index is 1590. The predicted octanol–water partition coefficient (Wildman–Crippen LogP) is 6.32. The van der Waals surface area contributed by atoms with E-state index in [0.717, 1.165) is 78.9 Å². The third-order valence-corrected chi connectivity index (χ3v) is 9.83. The Balaban J connectivity index is 1.23. The van der Waals surface area contributed by atoms with Gasteiger partial charge in [0, 0.05) is 49.0 Å². The van der Waals surface area contributed by atoms with Crippen LogP contribution >= 0.6 is 11.6 Å². The number of amides is 2. The average Bonchev–Trinajstić information content (AvgIpc) is 3.04. The molecule has 8 nitrogen and oxygen atoms in total. The molecule has 0 bridgehead atoms. The van der Waals surface area contributed by atoms with Crippen LogP contribution in [0, 0.1) is 5.92 Å². The zero-order valence-corrected chi connectivity index (χ0v) is 28.1. The fraction of sp³-hybridized carbons (Fsp3) is 0.459. The van der Waals surface area contributed by atoms with Crippen LogP contribution in [-0.4, -0.2) is 69.2 Å². The highest BCUT2D eigenvalue weighted by Crippen LogP contribution is 2.40. The van der Waals surface area contributed by atoms with E-state index in [2.05, 4.69) is 46.4 Å². The molecule has 0 aromatic heterocycles. The SMILES string of the molecule is COc1cc2c(cc1OC(C)C)CN(c1ccc(N(C)CC3CCC(N4CCNC(=O)C4)CC3)cc1-c1cccc(Cl)c1)C(=O)C2. The number of carbonyl (C=O) groups excluding carboxylic acids is 2. The van der Waals surface area contributed by atoms with Crippen molar-refractivity contribution in [1.29, 1.82) is 0 Å². The van der Waals surface area contributed by atoms with Crippen molar-refractivity contribution in [2.45, 2.75) is 64.6 Å². The number of nitrogens with one attached hydrogen (secondary N) is 1. The van der Waals surface area contributed by atoms with Crippen molar-refractivity contribution < 1.29 is 19.1 Å². The third-order valence-electron chi connectivity index (χ3n) is 9.60. The van der Waals surface area contributed by atoms with Crippen LogP contribution in [-0.2, 0) is 22.6 Å². The molecule has 0 radical (unpaired) electrons. The van der Waals surface area contributed by atoms with Crippen molar-refractivity contribution in [1.82, 2.24) is 10.2 Å². The fourth-order valence-electron chi connectivity index (χ4n) is 7.24. The molecule has 0 unspecified atom stereocenters. The van der Waals surface area contributed by atoms with Gasteiger partial charge in [0.15, 0.2) is 11.5 Å². The lowest BCUT2D eigenvalue weighted by Gasteiger charge is -2.39. The number of fused-ring (bicyclic) bond motifs is 1. The minimum absolute atomic E-state index is 0.000157. The molecule has 9 heteroatoms. The van der Waals surface area contributed by atoms with Crippen molar-refractivity contribution in [2.24, 2.45) is 5.92 Å². The highest BCUT2D eigenvalue weighted by molar-refractivity contribution is 6.30. The van der Waals surface area contributed by atoms with Gasteiger partial charge in [0.05, 0.1) is 38.4 Å². The summed E-state index contributed by atoms with van der Waals surface area (Å²) in [4.78, 5) is 32.2. The van der Waals surface area contributed by atoms with Crippen LogP contribution in [0.25, 0.3) is 11.1 Å². The van der Waals surface area contributed by atoms with E-state index in [4.69, 9.17) is 21.1 Å². The van der Waals surface area contributed by atoms with E-state index in [1.165, 1.54) is 0 Å². The summed E-state index contributed by atoms with van der Waals surface area (Å²) in [6.07, 6.45) is 4.86. The Morgan fingerprint density at radius 2 is 1.76 bits per heavy atom. The van der Waals surface area contributed by atoms with Crippen LogP contribution in [0.3, 0.4) is 0 Å². The van der Waals surface area contributed by atoms with E-state index in [1.807, 2.05) is 49.1 Å². The molecule has 1 aliphatic carbocycles. The number of piperazine rings is 1. The van der Waals surface area contributed by atoms with Gasteiger partial charge in [0.1, 0.15) is 0 Å². The minimum Gasteiger partial charge on any atom is -0.493 e. The molecule has 3 aliphatic rings. The first-order valence-corrected chi connectivity index (χ1v) is 16.8. The number of hydrogen-bond acceptors (Lipinski definition) is 6. The number of halogens is 1. The maximum absolute atomic E-state index is 13.7. The van der Waals surface area contributed by atoms with Gasteiger partial charge in [-0.05, 0) is 105 Å². The first-order valence-electron chi connectivity index (χ1n) is 16.5. The Morgan fingerprint density at radius 3 is 2.48 bits per heavy atom. The summed E-state index contributed by atoms with van der Waals surface area (Å²) in [5, 5.41) is 3.60. The molecule has 3 aromatic carbocycles. The molecule has 0 spiro atoms. The van der Waals surface area contributed by atoms with Crippen molar-refractivity contribution in [3.05, 3.63) is 70.7 Å². The number of methoxy groups -OCH3 is 1. The standard InChI is InChI=1S/C37H45ClN4O4/c1-24(2)46-35-18-28-22-42(37(44)19-27(28)17-34(35)45-4)33-13-12-31(20-32(33)26-6-5-7-29(38)16-26)40(3)21-25-8-10-30(11-9-25)41-15-14-39-36(43)23-41/h5-7,12-13,16-18,20,24-25,30H,8-11,14-15,19,21-23H2,1-4H3,(H,39,43). The summed E-state index contributed by atoms with van der Waals surface area (Å²) >= 11 is 6.48. The molecule has 1 N–H and O–H groups in total. The molecular weight excluding hydrogens is 600 g/mol. The number of ether oxygens (including phenoxy) is 2. The van der Waals surface area contributed by atoms with Crippen molar-refractivity contribution >= 4 is 34.8 Å². The molecule has 2 fully saturated rings. The van der Waals surface area contributed by atoms with Crippen molar-refractivity contribution in [3.63, 3.8) is 0 Å². The van der Waals surface area contributed by atoms with Gasteiger partial charge in [-0.1, -0.05) is 23.7 Å². The zero-order chi connectivity index (χ0) is 32.4. The number of rotatable bonds is 9. The monoisotopic (exact) mass is 644 g/mol. The van der Waals surface area contributed by atoms with E-state index < -0.39 is 0 Å². The topological polar surface area (TPSA) is 74.4 Å². The normalized spacial score (nSPS) is 20.3. The van der Waals surface area contributed by atoms with E-state index in [-0.39, 0.29) is 24.3 Å². The second-order valence-electron chi connectivity index (χ2n) is 13.2. The van der Waals surface area contributed by atoms with Gasteiger partial charge in [-0.25, -0.2) is 0 Å². The van der Waals surface area contributed by atoms with E-state index >= 15 is 0 Å². The van der Waals surface area contributed by atoms with Crippen LogP contribution in [0.2, 0.25) is 5.02 Å². The quantitative estimate of drug-likeness (QED) is 0.294. The zero-order valence-electron chi connectivity index (χ0n) is 27.4. The largest absolute Gasteiger partial charge is 0.493 e. The lowest BCUT2D eigenvalue weighted by Crippen LogP contribution is -2.52. The summed E-state index contributed by atoms with van der Waals surface area (Å²) in [5.74, 6) is 2.11. The van der Waals surface area contributed by atoms with Gasteiger partial charge in [-0.3, -0.25) is 14.5 Å². The Labute approximate surface area is 277 Å². The summed E-state index contributed by atoms with van der Waals surface area (Å²) in [6.45, 7) is 7.62. The second-order valence-corrected chi connectivity index (χ2v) is 13.6. The smallest absolute Gasteiger partial charge is 0.234 e. The summed E-state index contributed by atoms with van der Waals surface area (Å²) in [6, 6.07) is 18.7. The number of carbonyl (C=O) groups is 2. The highest BCUT2D eigenvalue weighted by Gasteiger charge is 2.31. The van der Waals surface area contributed by atoms with E-state index in [9.17, 15) is 9.59 Å². The number of hydrogen-bond donors (Lipinski definition) is 1. The highest BCUT2D eigenvalue weighted by atomic mass is 35.5. The van der Waals surface area contributed by atoms with Gasteiger partial charge in [-0.15, -0.1) is 0 Å². The molecule has 2 heterocycles. The number of anilines is 2. The molecule has 0 atom stereocenters. The Morgan fingerprint density at radius 1 is 0.978 bits per heavy atom. The third kappa shape index (κ3) is 7.13. The first kappa shape index (κ1) is 32.2. The molecule has 1 saturated heterocycles. The Kier molecular flexibility index (Phi) is 9.76. The van der Waals surface area contributed by atoms with Gasteiger partial charge in [-0.2, -0.15) is 0 Å². The molecular formula is C37H45ClN4O4. The lowest BCUT2D eigenvalue weighted by atomic mass is 9.84.